The normalized spacial score (nSPS) is 11.9. The van der Waals surface area contributed by atoms with Gasteiger partial charge in [0.15, 0.2) is 11.5 Å². The third kappa shape index (κ3) is 6.34. The van der Waals surface area contributed by atoms with Crippen molar-refractivity contribution >= 4 is 43.8 Å². The number of rotatable bonds is 8. The lowest BCUT2D eigenvalue weighted by Gasteiger charge is -2.24. The number of ether oxygens (including phenoxy) is 1. The summed E-state index contributed by atoms with van der Waals surface area (Å²) >= 11 is 3.15. The van der Waals surface area contributed by atoms with Crippen LogP contribution in [0.15, 0.2) is 81.2 Å². The van der Waals surface area contributed by atoms with Crippen molar-refractivity contribution in [3.63, 3.8) is 0 Å². The zero-order chi connectivity index (χ0) is 26.5. The van der Waals surface area contributed by atoms with E-state index in [-0.39, 0.29) is 22.1 Å². The highest BCUT2D eigenvalue weighted by atomic mass is 79.9. The standard InChI is InChI=1S/C23H19BrF3N3O5S/c1-35-20-11-15(10-19(24)22(20)32)13-28-29-21(31)14-30(36(33,34)18-8-3-2-4-9-18)17-7-5-6-16(12-17)23(25,26)27/h2-13,32H,14H2,1H3,(H,29,31)/b28-13-. The number of methoxy groups -OCH3 is 1. The Bertz CT molecular complexity index is 1380. The van der Waals surface area contributed by atoms with E-state index in [2.05, 4.69) is 26.5 Å². The first-order chi connectivity index (χ1) is 16.9. The quantitative estimate of drug-likeness (QED) is 0.298. The number of nitrogens with one attached hydrogen (secondary N) is 1. The van der Waals surface area contributed by atoms with Crippen LogP contribution in [0.5, 0.6) is 11.5 Å². The lowest BCUT2D eigenvalue weighted by molar-refractivity contribution is -0.137. The predicted octanol–water partition coefficient (Wildman–Crippen LogP) is 4.53. The van der Waals surface area contributed by atoms with Gasteiger partial charge in [-0.3, -0.25) is 9.10 Å². The van der Waals surface area contributed by atoms with Gasteiger partial charge in [-0.05, 0) is 64.0 Å². The molecule has 2 N–H and O–H groups in total. The number of benzene rings is 3. The second kappa shape index (κ2) is 11.0. The molecule has 0 fully saturated rings. The molecule has 0 bridgehead atoms. The molecule has 0 radical (unpaired) electrons. The lowest BCUT2D eigenvalue weighted by atomic mass is 10.2. The average molecular weight is 586 g/mol. The van der Waals surface area contributed by atoms with E-state index in [4.69, 9.17) is 4.74 Å². The summed E-state index contributed by atoms with van der Waals surface area (Å²) in [7, 11) is -3.06. The number of carbonyl (C=O) groups excluding carboxylic acids is 1. The van der Waals surface area contributed by atoms with Gasteiger partial charge < -0.3 is 9.84 Å². The molecule has 0 aliphatic rings. The molecule has 0 saturated carbocycles. The summed E-state index contributed by atoms with van der Waals surface area (Å²) in [5, 5.41) is 13.6. The van der Waals surface area contributed by atoms with Crippen molar-refractivity contribution in [2.45, 2.75) is 11.1 Å². The van der Waals surface area contributed by atoms with Crippen LogP contribution in [0, 0.1) is 0 Å². The second-order valence-corrected chi connectivity index (χ2v) is 9.94. The Balaban J connectivity index is 1.89. The van der Waals surface area contributed by atoms with E-state index in [1.807, 2.05) is 0 Å². The SMILES string of the molecule is COc1cc(/C=N\NC(=O)CN(c2cccc(C(F)(F)F)c2)S(=O)(=O)c2ccccc2)cc(Br)c1O. The van der Waals surface area contributed by atoms with Gasteiger partial charge in [-0.1, -0.05) is 24.3 Å². The monoisotopic (exact) mass is 585 g/mol. The number of carbonyl (C=O) groups is 1. The minimum Gasteiger partial charge on any atom is -0.503 e. The number of nitrogens with zero attached hydrogens (tertiary/aromatic N) is 2. The Hall–Kier alpha value is -3.58. The maximum atomic E-state index is 13.3. The molecule has 0 aliphatic carbocycles. The molecule has 190 valence electrons. The molecule has 3 aromatic rings. The van der Waals surface area contributed by atoms with Gasteiger partial charge in [0.25, 0.3) is 15.9 Å². The minimum absolute atomic E-state index is 0.137. The second-order valence-electron chi connectivity index (χ2n) is 7.22. The number of sulfonamides is 1. The van der Waals surface area contributed by atoms with Crippen molar-refractivity contribution < 1.29 is 36.2 Å². The number of phenolic OH excluding ortho intramolecular Hbond substituents is 1. The van der Waals surface area contributed by atoms with Crippen molar-refractivity contribution in [1.82, 2.24) is 5.43 Å². The largest absolute Gasteiger partial charge is 0.503 e. The lowest BCUT2D eigenvalue weighted by Crippen LogP contribution is -2.39. The summed E-state index contributed by atoms with van der Waals surface area (Å²) in [6.45, 7) is -0.849. The molecule has 0 spiro atoms. The number of alkyl halides is 3. The molecule has 0 atom stereocenters. The van der Waals surface area contributed by atoms with E-state index < -0.39 is 34.2 Å². The Morgan fingerprint density at radius 3 is 2.47 bits per heavy atom. The number of aromatic hydroxyl groups is 1. The molecule has 0 saturated heterocycles. The van der Waals surface area contributed by atoms with Crippen molar-refractivity contribution in [3.8, 4) is 11.5 Å². The van der Waals surface area contributed by atoms with Gasteiger partial charge in [0.2, 0.25) is 0 Å². The summed E-state index contributed by atoms with van der Waals surface area (Å²) in [6, 6.07) is 13.6. The smallest absolute Gasteiger partial charge is 0.416 e. The number of halogens is 4. The van der Waals surface area contributed by atoms with E-state index in [0.717, 1.165) is 18.2 Å². The molecule has 8 nitrogen and oxygen atoms in total. The summed E-state index contributed by atoms with van der Waals surface area (Å²) in [4.78, 5) is 12.4. The number of hydrazone groups is 1. The molecular formula is C23H19BrF3N3O5S. The highest BCUT2D eigenvalue weighted by Crippen LogP contribution is 2.35. The van der Waals surface area contributed by atoms with Crippen LogP contribution in [0.3, 0.4) is 0 Å². The fourth-order valence-electron chi connectivity index (χ4n) is 3.04. The van der Waals surface area contributed by atoms with Gasteiger partial charge in [-0.25, -0.2) is 13.8 Å². The Morgan fingerprint density at radius 2 is 1.83 bits per heavy atom. The zero-order valence-electron chi connectivity index (χ0n) is 18.5. The first-order valence-corrected chi connectivity index (χ1v) is 12.3. The number of anilines is 1. The van der Waals surface area contributed by atoms with Gasteiger partial charge in [-0.2, -0.15) is 18.3 Å². The Labute approximate surface area is 213 Å². The molecule has 3 rings (SSSR count). The van der Waals surface area contributed by atoms with E-state index in [9.17, 15) is 31.5 Å². The van der Waals surface area contributed by atoms with Crippen LogP contribution < -0.4 is 14.5 Å². The molecule has 0 aromatic heterocycles. The van der Waals surface area contributed by atoms with Crippen molar-refractivity contribution in [2.24, 2.45) is 5.10 Å². The van der Waals surface area contributed by atoms with Crippen molar-refractivity contribution in [3.05, 3.63) is 82.3 Å². The molecule has 36 heavy (non-hydrogen) atoms. The van der Waals surface area contributed by atoms with E-state index in [0.29, 0.717) is 20.4 Å². The Kier molecular flexibility index (Phi) is 8.25. The van der Waals surface area contributed by atoms with Crippen LogP contribution in [0.1, 0.15) is 11.1 Å². The van der Waals surface area contributed by atoms with Crippen molar-refractivity contribution in [1.29, 1.82) is 0 Å². The fourth-order valence-corrected chi connectivity index (χ4v) is 4.93. The zero-order valence-corrected chi connectivity index (χ0v) is 20.9. The Morgan fingerprint density at radius 1 is 1.14 bits per heavy atom. The maximum absolute atomic E-state index is 13.3. The topological polar surface area (TPSA) is 108 Å². The molecule has 0 unspecified atom stereocenters. The van der Waals surface area contributed by atoms with Crippen LogP contribution in [0.25, 0.3) is 0 Å². The van der Waals surface area contributed by atoms with Gasteiger partial charge in [0.05, 0.1) is 33.9 Å². The van der Waals surface area contributed by atoms with E-state index >= 15 is 0 Å². The summed E-state index contributed by atoms with van der Waals surface area (Å²) < 4.78 is 72.2. The highest BCUT2D eigenvalue weighted by molar-refractivity contribution is 9.10. The number of hydrogen-bond donors (Lipinski definition) is 2. The predicted molar refractivity (Wildman–Crippen MR) is 131 cm³/mol. The van der Waals surface area contributed by atoms with Crippen LogP contribution in [-0.2, 0) is 21.0 Å². The maximum Gasteiger partial charge on any atom is 0.416 e. The molecule has 1 amide bonds. The number of amides is 1. The highest BCUT2D eigenvalue weighted by Gasteiger charge is 2.33. The third-order valence-electron chi connectivity index (χ3n) is 4.75. The van der Waals surface area contributed by atoms with Gasteiger partial charge in [0.1, 0.15) is 6.54 Å². The summed E-state index contributed by atoms with van der Waals surface area (Å²) in [6.07, 6.45) is -3.50. The average Bonchev–Trinajstić information content (AvgIpc) is 2.84. The van der Waals surface area contributed by atoms with Crippen LogP contribution in [0.2, 0.25) is 0 Å². The fraction of sp³-hybridized carbons (Fsp3) is 0.130. The molecule has 3 aromatic carbocycles. The molecular weight excluding hydrogens is 567 g/mol. The summed E-state index contributed by atoms with van der Waals surface area (Å²) in [5.41, 5.74) is 1.16. The number of phenols is 1. The molecule has 0 heterocycles. The van der Waals surface area contributed by atoms with Crippen LogP contribution in [0.4, 0.5) is 18.9 Å². The van der Waals surface area contributed by atoms with E-state index in [1.54, 1.807) is 6.07 Å². The first-order valence-electron chi connectivity index (χ1n) is 10.1. The van der Waals surface area contributed by atoms with Crippen molar-refractivity contribution in [2.75, 3.05) is 18.0 Å². The summed E-state index contributed by atoms with van der Waals surface area (Å²) in [5.74, 6) is -0.906. The van der Waals surface area contributed by atoms with Crippen LogP contribution in [-0.4, -0.2) is 39.3 Å². The molecule has 0 aliphatic heterocycles. The van der Waals surface area contributed by atoms with Gasteiger partial charge in [-0.15, -0.1) is 0 Å². The van der Waals surface area contributed by atoms with Gasteiger partial charge in [0, 0.05) is 0 Å². The van der Waals surface area contributed by atoms with Gasteiger partial charge >= 0.3 is 6.18 Å². The molecule has 13 heteroatoms. The third-order valence-corrected chi connectivity index (χ3v) is 7.15. The minimum atomic E-state index is -4.72. The van der Waals surface area contributed by atoms with Crippen LogP contribution >= 0.6 is 15.9 Å². The first kappa shape index (κ1) is 27.0. The number of hydrogen-bond acceptors (Lipinski definition) is 6. The van der Waals surface area contributed by atoms with E-state index in [1.165, 1.54) is 49.7 Å².